The van der Waals surface area contributed by atoms with Gasteiger partial charge in [-0.1, -0.05) is 101 Å². The van der Waals surface area contributed by atoms with Crippen molar-refractivity contribution < 1.29 is 29.3 Å². The first-order valence-corrected chi connectivity index (χ1v) is 23.9. The van der Waals surface area contributed by atoms with Crippen molar-refractivity contribution in [3.63, 3.8) is 0 Å². The fourth-order valence-corrected chi connectivity index (χ4v) is 11.4. The molecule has 0 amide bonds. The van der Waals surface area contributed by atoms with Crippen LogP contribution in [0, 0.1) is 82.5 Å². The molecule has 3 aromatic heterocycles. The van der Waals surface area contributed by atoms with Crippen molar-refractivity contribution in [3.05, 3.63) is 196 Å². The van der Waals surface area contributed by atoms with Crippen LogP contribution in [-0.4, -0.2) is 19.8 Å². The molecule has 2 aliphatic heterocycles. The Kier molecular flexibility index (Phi) is 13.0. The van der Waals surface area contributed by atoms with E-state index in [2.05, 4.69) is 135 Å². The first-order chi connectivity index (χ1) is 33.5. The largest absolute Gasteiger partial charge is 2.00 e. The third-order valence-electron chi connectivity index (χ3n) is 13.1. The molecule has 0 fully saturated rings. The Bertz CT molecular complexity index is 3680. The number of rotatable bonds is 8. The molecule has 5 aromatic carbocycles. The third-order valence-corrected chi connectivity index (χ3v) is 14.2. The molecule has 0 saturated heterocycles. The van der Waals surface area contributed by atoms with E-state index in [9.17, 15) is 20.2 Å². The molecule has 346 valence electrons. The zero-order valence-electron chi connectivity index (χ0n) is 41.1. The monoisotopic (exact) mass is 1000 g/mol. The number of fused-ring (bicyclic) bond motifs is 8. The minimum atomic E-state index is -0.633. The molecule has 0 radical (unpaired) electrons. The average Bonchev–Trinajstić information content (AvgIpc) is 4.14. The number of benzene rings is 5. The number of non-ortho nitro benzene ring substituents is 1. The molecular weight excluding hydrogens is 954 g/mol. The molecule has 8 bridgehead atoms. The Morgan fingerprint density at radius 1 is 0.423 bits per heavy atom. The second-order valence-electron chi connectivity index (χ2n) is 18.5. The topological polar surface area (TPSA) is 140 Å². The Morgan fingerprint density at radius 3 is 1.13 bits per heavy atom. The summed E-state index contributed by atoms with van der Waals surface area (Å²) in [5.41, 5.74) is 23.4. The summed E-state index contributed by atoms with van der Waals surface area (Å²) >= 11 is 1.17. The maximum atomic E-state index is 12.0. The molecule has 12 heteroatoms. The van der Waals surface area contributed by atoms with Crippen LogP contribution >= 0.6 is 11.8 Å². The minimum absolute atomic E-state index is 0. The van der Waals surface area contributed by atoms with Gasteiger partial charge in [-0.15, -0.1) is 22.1 Å². The van der Waals surface area contributed by atoms with Crippen molar-refractivity contribution in [1.29, 1.82) is 0 Å². The molecule has 0 saturated carbocycles. The van der Waals surface area contributed by atoms with Gasteiger partial charge in [-0.3, -0.25) is 20.2 Å². The van der Waals surface area contributed by atoms with Crippen LogP contribution in [-0.2, 0) is 19.5 Å². The Hall–Kier alpha value is -7.53. The number of hydrogen-bond acceptors (Lipinski definition) is 7. The molecule has 10 nitrogen and oxygen atoms in total. The third kappa shape index (κ3) is 8.98. The second-order valence-corrected chi connectivity index (χ2v) is 19.6. The van der Waals surface area contributed by atoms with Crippen LogP contribution in [0.3, 0.4) is 0 Å². The summed E-state index contributed by atoms with van der Waals surface area (Å²) in [6.45, 7) is 19.3. The molecular formula is C59H48N6O4SZn. The summed E-state index contributed by atoms with van der Waals surface area (Å²) in [5, 5.41) is 23.5. The van der Waals surface area contributed by atoms with E-state index in [0.29, 0.717) is 21.0 Å². The minimum Gasteiger partial charge on any atom is -0.657 e. The van der Waals surface area contributed by atoms with Crippen LogP contribution in [0.25, 0.3) is 90.9 Å². The van der Waals surface area contributed by atoms with E-state index in [1.54, 1.807) is 0 Å². The van der Waals surface area contributed by atoms with Crippen molar-refractivity contribution in [1.82, 2.24) is 19.9 Å². The van der Waals surface area contributed by atoms with Gasteiger partial charge in [0, 0.05) is 11.0 Å². The molecule has 8 aromatic rings. The number of hydrogen-bond donors (Lipinski definition) is 0. The normalized spacial score (nSPS) is 11.8. The van der Waals surface area contributed by atoms with Gasteiger partial charge in [-0.05, 0) is 183 Å². The zero-order chi connectivity index (χ0) is 49.3. The van der Waals surface area contributed by atoms with Gasteiger partial charge < -0.3 is 9.97 Å². The van der Waals surface area contributed by atoms with E-state index < -0.39 is 9.85 Å². The van der Waals surface area contributed by atoms with Crippen LogP contribution in [0.2, 0.25) is 0 Å². The van der Waals surface area contributed by atoms with Crippen molar-refractivity contribution in [2.24, 2.45) is 0 Å². The van der Waals surface area contributed by atoms with Gasteiger partial charge in [0.15, 0.2) is 0 Å². The molecule has 0 N–H and O–H groups in total. The van der Waals surface area contributed by atoms with Crippen LogP contribution < -0.4 is 9.97 Å². The average molecular weight is 1000 g/mol. The second kappa shape index (κ2) is 19.0. The smallest absolute Gasteiger partial charge is 0.657 e. The standard InChI is InChI=1S/C59H48N6O4S.Zn/c1-31-24-34(4)53(35(5)25-31)57-45-17-15-43(60-45)56(40-10-13-42(14-11-40)70-52-23-12-41(64(66)67)30-51(52)65(68)69)44-16-18-46(61-44)58(54-36(6)26-32(2)27-37(54)7)48-20-22-50(63-48)59(49-21-19-47(57)62-49)55-38(8)28-33(3)29-39(55)9;/h10-30H,1-9H3;/q-2;+2. The van der Waals surface area contributed by atoms with E-state index in [1.165, 1.54) is 40.6 Å². The molecule has 0 spiro atoms. The fourth-order valence-electron chi connectivity index (χ4n) is 10.5. The van der Waals surface area contributed by atoms with E-state index >= 15 is 0 Å². The SMILES string of the molecule is Cc1cc(C)c(-c2c3nc(c(-c4c(C)cc(C)cc4C)c4ccc([n-]4)c(-c4c(C)cc(C)cc4C)c4nc(c(-c5ccc(Sc6ccc([N+](=O)[O-])cc6[N+](=O)[O-])cc5)c5ccc2[n-]5)C=C4)C=C3)c(C)c1.[Zn+2]. The van der Waals surface area contributed by atoms with Gasteiger partial charge in [0.05, 0.1) is 43.6 Å². The van der Waals surface area contributed by atoms with Crippen LogP contribution in [0.15, 0.2) is 113 Å². The maximum absolute atomic E-state index is 12.0. The van der Waals surface area contributed by atoms with Gasteiger partial charge in [-0.25, -0.2) is 9.97 Å². The molecule has 10 rings (SSSR count). The van der Waals surface area contributed by atoms with Gasteiger partial charge in [0.25, 0.3) is 11.4 Å². The maximum Gasteiger partial charge on any atom is 2.00 e. The summed E-state index contributed by atoms with van der Waals surface area (Å²) in [6, 6.07) is 33.0. The van der Waals surface area contributed by atoms with Gasteiger partial charge in [-0.2, -0.15) is 0 Å². The first-order valence-electron chi connectivity index (χ1n) is 23.0. The van der Waals surface area contributed by atoms with Crippen molar-refractivity contribution in [2.75, 3.05) is 0 Å². The van der Waals surface area contributed by atoms with Crippen LogP contribution in [0.4, 0.5) is 11.4 Å². The van der Waals surface area contributed by atoms with Gasteiger partial charge in [0.2, 0.25) is 0 Å². The quantitative estimate of drug-likeness (QED) is 0.0826. The van der Waals surface area contributed by atoms with Gasteiger partial charge >= 0.3 is 19.5 Å². The number of nitrogens with zero attached hydrogens (tertiary/aromatic N) is 6. The van der Waals surface area contributed by atoms with E-state index in [-0.39, 0.29) is 30.9 Å². The van der Waals surface area contributed by atoms with Crippen LogP contribution in [0.5, 0.6) is 0 Å². The first kappa shape index (κ1) is 48.5. The molecule has 5 heterocycles. The molecule has 71 heavy (non-hydrogen) atoms. The summed E-state index contributed by atoms with van der Waals surface area (Å²) in [5.74, 6) is 0. The summed E-state index contributed by atoms with van der Waals surface area (Å²) < 4.78 is 0. The Balaban J connectivity index is 0.00000624. The van der Waals surface area contributed by atoms with E-state index in [0.717, 1.165) is 118 Å². The van der Waals surface area contributed by atoms with Gasteiger partial charge in [0.1, 0.15) is 0 Å². The number of nitro groups is 2. The predicted molar refractivity (Wildman–Crippen MR) is 285 cm³/mol. The zero-order valence-corrected chi connectivity index (χ0v) is 44.8. The molecule has 2 aliphatic rings. The molecule has 0 aliphatic carbocycles. The number of aryl methyl sites for hydroxylation is 9. The van der Waals surface area contributed by atoms with E-state index in [4.69, 9.17) is 19.9 Å². The molecule has 0 atom stereocenters. The summed E-state index contributed by atoms with van der Waals surface area (Å²) in [6.07, 6.45) is 8.33. The Labute approximate surface area is 429 Å². The number of nitro benzene ring substituents is 2. The van der Waals surface area contributed by atoms with E-state index in [1.807, 2.05) is 36.4 Å². The Morgan fingerprint density at radius 2 is 0.775 bits per heavy atom. The van der Waals surface area contributed by atoms with Crippen molar-refractivity contribution in [3.8, 4) is 44.5 Å². The fraction of sp³-hybridized carbons (Fsp3) is 0.153. The van der Waals surface area contributed by atoms with Crippen molar-refractivity contribution >= 4 is 69.5 Å². The molecule has 0 unspecified atom stereocenters. The predicted octanol–water partition coefficient (Wildman–Crippen LogP) is 15.3. The van der Waals surface area contributed by atoms with Crippen LogP contribution in [0.1, 0.15) is 72.8 Å². The van der Waals surface area contributed by atoms with Crippen molar-refractivity contribution in [2.45, 2.75) is 72.1 Å². The summed E-state index contributed by atoms with van der Waals surface area (Å²) in [7, 11) is 0. The number of aromatic nitrogens is 4. The summed E-state index contributed by atoms with van der Waals surface area (Å²) in [4.78, 5) is 45.4.